The normalized spacial score (nSPS) is 11.3. The third-order valence-electron chi connectivity index (χ3n) is 5.26. The lowest BCUT2D eigenvalue weighted by Gasteiger charge is -2.15. The summed E-state index contributed by atoms with van der Waals surface area (Å²) in [6, 6.07) is 29.7. The minimum absolute atomic E-state index is 0.231. The predicted molar refractivity (Wildman–Crippen MR) is 128 cm³/mol. The maximum Gasteiger partial charge on any atom is 0.365 e. The summed E-state index contributed by atoms with van der Waals surface area (Å²) in [6.45, 7) is 0. The van der Waals surface area contributed by atoms with Crippen LogP contribution in [0.1, 0.15) is 5.69 Å². The van der Waals surface area contributed by atoms with Gasteiger partial charge in [0.25, 0.3) is 0 Å². The highest BCUT2D eigenvalue weighted by Crippen LogP contribution is 2.21. The van der Waals surface area contributed by atoms with E-state index in [1.54, 1.807) is 5.01 Å². The zero-order valence-electron chi connectivity index (χ0n) is 18.3. The lowest BCUT2D eigenvalue weighted by Crippen LogP contribution is -2.40. The van der Waals surface area contributed by atoms with Crippen LogP contribution in [-0.2, 0) is 16.6 Å². The van der Waals surface area contributed by atoms with Crippen molar-refractivity contribution >= 4 is 39.6 Å². The van der Waals surface area contributed by atoms with Gasteiger partial charge in [0.05, 0.1) is 12.8 Å². The molecule has 6 nitrogen and oxygen atoms in total. The van der Waals surface area contributed by atoms with Crippen molar-refractivity contribution in [3.05, 3.63) is 96.7 Å². The molecule has 0 spiro atoms. The molecule has 0 unspecified atom stereocenters. The molecule has 160 valence electrons. The summed E-state index contributed by atoms with van der Waals surface area (Å²) in [5.74, 6) is -0.495. The van der Waals surface area contributed by atoms with E-state index in [2.05, 4.69) is 10.4 Å². The number of hydrazone groups is 1. The van der Waals surface area contributed by atoms with Crippen molar-refractivity contribution in [2.75, 3.05) is 24.5 Å². The minimum atomic E-state index is -0.495. The number of carbonyl (C=O) groups excluding carboxylic acids is 1. The van der Waals surface area contributed by atoms with Crippen LogP contribution in [0.5, 0.6) is 0 Å². The van der Waals surface area contributed by atoms with E-state index >= 15 is 0 Å². The first-order valence-electron chi connectivity index (χ1n) is 10.3. The van der Waals surface area contributed by atoms with E-state index < -0.39 is 5.97 Å². The summed E-state index contributed by atoms with van der Waals surface area (Å²) in [7, 11) is 5.09. The quantitative estimate of drug-likeness (QED) is 0.215. The number of pyridine rings is 1. The number of fused-ring (bicyclic) bond motifs is 1. The average Bonchev–Trinajstić information content (AvgIpc) is 2.84. The predicted octanol–water partition coefficient (Wildman–Crippen LogP) is 4.42. The molecule has 0 aliphatic rings. The van der Waals surface area contributed by atoms with Gasteiger partial charge in [0.15, 0.2) is 0 Å². The maximum absolute atomic E-state index is 12.6. The fraction of sp³-hybridized carbons (Fsp3) is 0.115. The van der Waals surface area contributed by atoms with Crippen molar-refractivity contribution in [1.29, 1.82) is 0 Å². The van der Waals surface area contributed by atoms with Crippen molar-refractivity contribution in [2.45, 2.75) is 0 Å². The Bertz CT molecular complexity index is 1270. The van der Waals surface area contributed by atoms with Crippen molar-refractivity contribution in [2.24, 2.45) is 12.1 Å². The van der Waals surface area contributed by atoms with Crippen LogP contribution in [-0.4, -0.2) is 25.8 Å². The maximum atomic E-state index is 12.6. The monoisotopic (exact) mass is 425 g/mol. The summed E-state index contributed by atoms with van der Waals surface area (Å²) in [4.78, 5) is 12.6. The van der Waals surface area contributed by atoms with Crippen LogP contribution in [0.4, 0.5) is 17.1 Å². The van der Waals surface area contributed by atoms with Crippen molar-refractivity contribution in [1.82, 2.24) is 0 Å². The Morgan fingerprint density at radius 2 is 1.53 bits per heavy atom. The Kier molecular flexibility index (Phi) is 6.12. The van der Waals surface area contributed by atoms with Gasteiger partial charge in [-0.2, -0.15) is 9.67 Å². The molecule has 1 heterocycles. The van der Waals surface area contributed by atoms with E-state index in [1.807, 2.05) is 110 Å². The number of anilines is 3. The first kappa shape index (κ1) is 21.1. The molecule has 6 heteroatoms. The molecule has 1 N–H and O–H groups in total. The molecule has 3 aromatic carbocycles. The number of ether oxygens (including phenoxy) is 1. The first-order valence-corrected chi connectivity index (χ1v) is 10.3. The molecule has 0 saturated carbocycles. The summed E-state index contributed by atoms with van der Waals surface area (Å²) < 4.78 is 6.99. The number of nitrogens with zero attached hydrogens (tertiary/aromatic N) is 3. The van der Waals surface area contributed by atoms with Gasteiger partial charge in [-0.25, -0.2) is 4.79 Å². The van der Waals surface area contributed by atoms with E-state index in [0.29, 0.717) is 5.69 Å². The van der Waals surface area contributed by atoms with Crippen LogP contribution in [0.25, 0.3) is 10.9 Å². The molecule has 0 amide bonds. The molecule has 32 heavy (non-hydrogen) atoms. The second-order valence-electron chi connectivity index (χ2n) is 7.34. The average molecular weight is 426 g/mol. The summed E-state index contributed by atoms with van der Waals surface area (Å²) in [6.07, 6.45) is 0. The van der Waals surface area contributed by atoms with Crippen molar-refractivity contribution in [3.63, 3.8) is 0 Å². The molecule has 0 atom stereocenters. The second-order valence-corrected chi connectivity index (χ2v) is 7.34. The number of benzene rings is 3. The van der Waals surface area contributed by atoms with Gasteiger partial charge in [-0.15, -0.1) is 0 Å². The number of rotatable bonds is 6. The Hall–Kier alpha value is -4.19. The smallest absolute Gasteiger partial charge is 0.365 e. The van der Waals surface area contributed by atoms with E-state index in [4.69, 9.17) is 4.74 Å². The number of aromatic nitrogens is 1. The Morgan fingerprint density at radius 1 is 0.875 bits per heavy atom. The highest BCUT2D eigenvalue weighted by atomic mass is 16.5. The molecule has 0 aliphatic carbocycles. The molecular weight excluding hydrogens is 400 g/mol. The molecule has 1 aromatic heterocycles. The Labute approximate surface area is 187 Å². The molecule has 4 aromatic rings. The van der Waals surface area contributed by atoms with E-state index in [1.165, 1.54) is 7.11 Å². The van der Waals surface area contributed by atoms with Crippen LogP contribution in [0.2, 0.25) is 0 Å². The number of nitrogens with one attached hydrogen (secondary N) is 1. The van der Waals surface area contributed by atoms with E-state index in [9.17, 15) is 4.79 Å². The Morgan fingerprint density at radius 3 is 2.25 bits per heavy atom. The first-order chi connectivity index (χ1) is 15.6. The molecule has 0 aliphatic heterocycles. The number of hydrogen-bond acceptors (Lipinski definition) is 5. The van der Waals surface area contributed by atoms with Crippen LogP contribution < -0.4 is 14.9 Å². The van der Waals surface area contributed by atoms with E-state index in [-0.39, 0.29) is 5.71 Å². The Balaban J connectivity index is 1.64. The number of carbonyl (C=O) groups is 1. The topological polar surface area (TPSA) is 57.8 Å². The number of hydrogen-bond donors (Lipinski definition) is 1. The largest absolute Gasteiger partial charge is 0.464 e. The SMILES string of the molecule is COC(=O)C(=NN(C)c1ccc(Nc2ccccc2)cc1)c1ccc2ccccc2[n+]1C. The summed E-state index contributed by atoms with van der Waals surface area (Å²) in [5.41, 5.74) is 4.73. The molecule has 0 saturated heterocycles. The van der Waals surface area contributed by atoms with Crippen molar-refractivity contribution < 1.29 is 14.1 Å². The minimum Gasteiger partial charge on any atom is -0.464 e. The molecular formula is C26H25N4O2+. The number of aryl methyl sites for hydroxylation is 1. The highest BCUT2D eigenvalue weighted by molar-refractivity contribution is 6.42. The van der Waals surface area contributed by atoms with E-state index in [0.717, 1.165) is 28.0 Å². The van der Waals surface area contributed by atoms with Gasteiger partial charge in [0.1, 0.15) is 7.05 Å². The number of para-hydroxylation sites is 2. The lowest BCUT2D eigenvalue weighted by molar-refractivity contribution is -0.646. The number of methoxy groups -OCH3 is 1. The van der Waals surface area contributed by atoms with Gasteiger partial charge in [-0.3, -0.25) is 5.01 Å². The zero-order valence-corrected chi connectivity index (χ0v) is 18.3. The zero-order chi connectivity index (χ0) is 22.5. The molecule has 0 fully saturated rings. The van der Waals surface area contributed by atoms with Gasteiger partial charge in [-0.05, 0) is 48.5 Å². The van der Waals surface area contributed by atoms with Crippen molar-refractivity contribution in [3.8, 4) is 0 Å². The van der Waals surface area contributed by atoms with Crippen LogP contribution in [0.15, 0.2) is 96.1 Å². The summed E-state index contributed by atoms with van der Waals surface area (Å²) in [5, 5.41) is 10.7. The van der Waals surface area contributed by atoms with Crippen LogP contribution >= 0.6 is 0 Å². The molecule has 0 radical (unpaired) electrons. The highest BCUT2D eigenvalue weighted by Gasteiger charge is 2.26. The lowest BCUT2D eigenvalue weighted by atomic mass is 10.1. The van der Waals surface area contributed by atoms with Crippen LogP contribution in [0, 0.1) is 0 Å². The molecule has 0 bridgehead atoms. The van der Waals surface area contributed by atoms with Gasteiger partial charge in [-0.1, -0.05) is 30.3 Å². The molecule has 4 rings (SSSR count). The van der Waals surface area contributed by atoms with Gasteiger partial charge >= 0.3 is 5.97 Å². The fourth-order valence-electron chi connectivity index (χ4n) is 3.53. The standard InChI is InChI=1S/C26H25N4O2/c1-29-23-12-8-7-9-19(23)13-18-24(29)25(26(31)32-3)28-30(2)22-16-14-21(15-17-22)27-20-10-5-4-6-11-20/h4-18,27H,1-3H3/q+1. The van der Waals surface area contributed by atoms with Gasteiger partial charge < -0.3 is 10.1 Å². The van der Waals surface area contributed by atoms with Gasteiger partial charge in [0, 0.05) is 35.9 Å². The fourth-order valence-corrected chi connectivity index (χ4v) is 3.53. The number of esters is 1. The summed E-state index contributed by atoms with van der Waals surface area (Å²) >= 11 is 0. The van der Waals surface area contributed by atoms with Gasteiger partial charge in [0.2, 0.25) is 16.9 Å². The third kappa shape index (κ3) is 4.44. The third-order valence-corrected chi connectivity index (χ3v) is 5.26. The van der Waals surface area contributed by atoms with Crippen LogP contribution in [0.3, 0.4) is 0 Å². The second kappa shape index (κ2) is 9.31.